The van der Waals surface area contributed by atoms with Crippen LogP contribution in [0.25, 0.3) is 0 Å². The molecule has 0 aliphatic heterocycles. The van der Waals surface area contributed by atoms with Crippen LogP contribution in [0.3, 0.4) is 0 Å². The van der Waals surface area contributed by atoms with E-state index in [9.17, 15) is 9.59 Å². The van der Waals surface area contributed by atoms with Gasteiger partial charge in [0.1, 0.15) is 11.8 Å². The van der Waals surface area contributed by atoms with Gasteiger partial charge in [0.05, 0.1) is 0 Å². The molecule has 0 radical (unpaired) electrons. The Morgan fingerprint density at radius 3 is 2.43 bits per heavy atom. The van der Waals surface area contributed by atoms with Crippen LogP contribution < -0.4 is 10.1 Å². The van der Waals surface area contributed by atoms with Crippen molar-refractivity contribution in [3.05, 3.63) is 65.2 Å². The minimum absolute atomic E-state index is 0.101. The number of ether oxygens (including phenoxy) is 1. The molecule has 0 spiro atoms. The Bertz CT molecular complexity index is 820. The van der Waals surface area contributed by atoms with E-state index in [0.29, 0.717) is 25.3 Å². The number of carbonyl (C=O) groups excluding carboxylic acids is 2. The van der Waals surface area contributed by atoms with E-state index in [1.54, 1.807) is 4.90 Å². The molecule has 5 heteroatoms. The molecule has 1 N–H and O–H groups in total. The summed E-state index contributed by atoms with van der Waals surface area (Å²) in [6.07, 6.45) is 2.47. The fourth-order valence-corrected chi connectivity index (χ4v) is 3.31. The van der Waals surface area contributed by atoms with Gasteiger partial charge in [-0.25, -0.2) is 0 Å². The van der Waals surface area contributed by atoms with Gasteiger partial charge in [-0.05, 0) is 49.4 Å². The van der Waals surface area contributed by atoms with Crippen molar-refractivity contribution >= 4 is 11.8 Å². The van der Waals surface area contributed by atoms with Crippen LogP contribution in [0.4, 0.5) is 0 Å². The van der Waals surface area contributed by atoms with Crippen molar-refractivity contribution in [1.82, 2.24) is 10.2 Å². The number of hydrogen-bond donors (Lipinski definition) is 1. The maximum Gasteiger partial charge on any atom is 0.261 e. The lowest BCUT2D eigenvalue weighted by atomic mass is 10.1. The van der Waals surface area contributed by atoms with Gasteiger partial charge < -0.3 is 15.0 Å². The number of hydrogen-bond acceptors (Lipinski definition) is 3. The Kier molecular flexibility index (Phi) is 9.39. The molecule has 2 aromatic carbocycles. The Labute approximate surface area is 180 Å². The number of aryl methyl sites for hydroxylation is 1. The van der Waals surface area contributed by atoms with Crippen molar-refractivity contribution in [2.75, 3.05) is 13.2 Å². The van der Waals surface area contributed by atoms with Crippen LogP contribution in [0.15, 0.2) is 48.5 Å². The third kappa shape index (κ3) is 6.61. The first kappa shape index (κ1) is 23.5. The Morgan fingerprint density at radius 1 is 1.03 bits per heavy atom. The van der Waals surface area contributed by atoms with Crippen LogP contribution in [0.2, 0.25) is 0 Å². The summed E-state index contributed by atoms with van der Waals surface area (Å²) < 4.78 is 5.85. The van der Waals surface area contributed by atoms with Crippen molar-refractivity contribution in [3.63, 3.8) is 0 Å². The van der Waals surface area contributed by atoms with E-state index in [4.69, 9.17) is 4.74 Å². The average Bonchev–Trinajstić information content (AvgIpc) is 2.75. The highest BCUT2D eigenvalue weighted by Gasteiger charge is 2.28. The molecule has 30 heavy (non-hydrogen) atoms. The smallest absolute Gasteiger partial charge is 0.261 e. The number of carbonyl (C=O) groups is 2. The van der Waals surface area contributed by atoms with E-state index in [1.807, 2.05) is 69.3 Å². The van der Waals surface area contributed by atoms with Crippen LogP contribution in [-0.2, 0) is 16.1 Å². The third-order valence-corrected chi connectivity index (χ3v) is 5.32. The first-order valence-corrected chi connectivity index (χ1v) is 10.8. The molecule has 2 rings (SSSR count). The van der Waals surface area contributed by atoms with Gasteiger partial charge in [0.2, 0.25) is 5.91 Å². The largest absolute Gasteiger partial charge is 0.483 e. The second kappa shape index (κ2) is 12.0. The lowest BCUT2D eigenvalue weighted by Gasteiger charge is -2.30. The molecule has 0 fully saturated rings. The van der Waals surface area contributed by atoms with E-state index in [0.717, 1.165) is 29.5 Å². The Hall–Kier alpha value is -2.82. The lowest BCUT2D eigenvalue weighted by Crippen LogP contribution is -2.50. The van der Waals surface area contributed by atoms with Crippen molar-refractivity contribution in [3.8, 4) is 5.75 Å². The highest BCUT2D eigenvalue weighted by Crippen LogP contribution is 2.21. The summed E-state index contributed by atoms with van der Waals surface area (Å²) in [5, 5.41) is 2.97. The van der Waals surface area contributed by atoms with Gasteiger partial charge in [0, 0.05) is 13.1 Å². The van der Waals surface area contributed by atoms with Crippen LogP contribution >= 0.6 is 0 Å². The number of rotatable bonds is 11. The number of unbranched alkanes of at least 4 members (excludes halogenated alkanes) is 1. The van der Waals surface area contributed by atoms with Crippen LogP contribution in [0.1, 0.15) is 49.8 Å². The van der Waals surface area contributed by atoms with Gasteiger partial charge in [-0.15, -0.1) is 0 Å². The van der Waals surface area contributed by atoms with Gasteiger partial charge >= 0.3 is 0 Å². The van der Waals surface area contributed by atoms with E-state index in [1.165, 1.54) is 0 Å². The van der Waals surface area contributed by atoms with Gasteiger partial charge in [-0.1, -0.05) is 62.7 Å². The number of nitrogens with zero attached hydrogens (tertiary/aromatic N) is 1. The SMILES string of the molecule is CCCCNC(=O)C(CC)N(Cc1ccccc1)C(=O)COc1cccc(C)c1C. The topological polar surface area (TPSA) is 58.6 Å². The average molecular weight is 411 g/mol. The van der Waals surface area contributed by atoms with E-state index >= 15 is 0 Å². The molecule has 0 saturated heterocycles. The first-order chi connectivity index (χ1) is 14.5. The normalized spacial score (nSPS) is 11.6. The van der Waals surface area contributed by atoms with Crippen LogP contribution in [0.5, 0.6) is 5.75 Å². The molecule has 0 bridgehead atoms. The van der Waals surface area contributed by atoms with Crippen molar-refractivity contribution < 1.29 is 14.3 Å². The molecule has 2 aromatic rings. The number of nitrogens with one attached hydrogen (secondary N) is 1. The zero-order chi connectivity index (χ0) is 21.9. The molecule has 1 atom stereocenters. The molecule has 162 valence electrons. The molecule has 0 heterocycles. The van der Waals surface area contributed by atoms with Crippen LogP contribution in [-0.4, -0.2) is 35.9 Å². The highest BCUT2D eigenvalue weighted by molar-refractivity contribution is 5.88. The summed E-state index contributed by atoms with van der Waals surface area (Å²) in [5.41, 5.74) is 3.12. The molecule has 5 nitrogen and oxygen atoms in total. The van der Waals surface area contributed by atoms with E-state index in [2.05, 4.69) is 12.2 Å². The molecule has 0 aromatic heterocycles. The standard InChI is InChI=1S/C25H34N2O3/c1-5-7-16-26-25(29)22(6-2)27(17-21-13-9-8-10-14-21)24(28)18-30-23-15-11-12-19(3)20(23)4/h8-15,22H,5-7,16-18H2,1-4H3,(H,26,29). The molecule has 1 unspecified atom stereocenters. The summed E-state index contributed by atoms with van der Waals surface area (Å²) in [6, 6.07) is 15.0. The maximum absolute atomic E-state index is 13.2. The van der Waals surface area contributed by atoms with Crippen molar-refractivity contribution in [2.24, 2.45) is 0 Å². The summed E-state index contributed by atoms with van der Waals surface area (Å²) in [5.74, 6) is 0.391. The second-order valence-electron chi connectivity index (χ2n) is 7.56. The van der Waals surface area contributed by atoms with Gasteiger partial charge in [0.15, 0.2) is 6.61 Å². The summed E-state index contributed by atoms with van der Waals surface area (Å²) >= 11 is 0. The van der Waals surface area contributed by atoms with Crippen molar-refractivity contribution in [2.45, 2.75) is 59.5 Å². The predicted molar refractivity (Wildman–Crippen MR) is 120 cm³/mol. The molecular weight excluding hydrogens is 376 g/mol. The monoisotopic (exact) mass is 410 g/mol. The van der Waals surface area contributed by atoms with Crippen molar-refractivity contribution in [1.29, 1.82) is 0 Å². The van der Waals surface area contributed by atoms with Gasteiger partial charge in [-0.2, -0.15) is 0 Å². The van der Waals surface area contributed by atoms with Gasteiger partial charge in [0.25, 0.3) is 5.91 Å². The minimum atomic E-state index is -0.531. The second-order valence-corrected chi connectivity index (χ2v) is 7.56. The lowest BCUT2D eigenvalue weighted by molar-refractivity contribution is -0.143. The quantitative estimate of drug-likeness (QED) is 0.559. The summed E-state index contributed by atoms with van der Waals surface area (Å²) in [6.45, 7) is 8.90. The fourth-order valence-electron chi connectivity index (χ4n) is 3.31. The minimum Gasteiger partial charge on any atom is -0.483 e. The molecular formula is C25H34N2O3. The third-order valence-electron chi connectivity index (χ3n) is 5.32. The number of amides is 2. The number of benzene rings is 2. The predicted octanol–water partition coefficient (Wildman–Crippen LogP) is 4.41. The Morgan fingerprint density at radius 2 is 1.77 bits per heavy atom. The first-order valence-electron chi connectivity index (χ1n) is 10.8. The Balaban J connectivity index is 2.17. The van der Waals surface area contributed by atoms with E-state index < -0.39 is 6.04 Å². The molecule has 0 aliphatic carbocycles. The maximum atomic E-state index is 13.2. The van der Waals surface area contributed by atoms with Gasteiger partial charge in [-0.3, -0.25) is 9.59 Å². The molecule has 0 saturated carbocycles. The summed E-state index contributed by atoms with van der Waals surface area (Å²) in [7, 11) is 0. The molecule has 0 aliphatic rings. The van der Waals surface area contributed by atoms with E-state index in [-0.39, 0.29) is 18.4 Å². The zero-order valence-corrected chi connectivity index (χ0v) is 18.6. The molecule has 2 amide bonds. The fraction of sp³-hybridized carbons (Fsp3) is 0.440. The zero-order valence-electron chi connectivity index (χ0n) is 18.6. The highest BCUT2D eigenvalue weighted by atomic mass is 16.5. The summed E-state index contributed by atoms with van der Waals surface area (Å²) in [4.78, 5) is 27.6. The van der Waals surface area contributed by atoms with Crippen LogP contribution in [0, 0.1) is 13.8 Å².